The number of rotatable bonds is 5. The lowest BCUT2D eigenvalue weighted by Gasteiger charge is -2.23. The smallest absolute Gasteiger partial charge is 0.226 e. The molecule has 1 aromatic carbocycles. The fourth-order valence-corrected chi connectivity index (χ4v) is 2.49. The number of benzene rings is 1. The van der Waals surface area contributed by atoms with E-state index in [4.69, 9.17) is 0 Å². The lowest BCUT2D eigenvalue weighted by Crippen LogP contribution is -2.41. The van der Waals surface area contributed by atoms with E-state index in [9.17, 15) is 4.79 Å². The Hall–Kier alpha value is -1.55. The maximum Gasteiger partial charge on any atom is 0.226 e. The molecule has 1 amide bonds. The van der Waals surface area contributed by atoms with Gasteiger partial charge >= 0.3 is 0 Å². The molecule has 0 aliphatic carbocycles. The lowest BCUT2D eigenvalue weighted by molar-refractivity contribution is -0.128. The van der Waals surface area contributed by atoms with Crippen LogP contribution in [0.15, 0.2) is 18.2 Å². The van der Waals surface area contributed by atoms with Crippen LogP contribution < -0.4 is 16.0 Å². The van der Waals surface area contributed by atoms with Gasteiger partial charge in [0, 0.05) is 32.4 Å². The third-order valence-electron chi connectivity index (χ3n) is 3.66. The van der Waals surface area contributed by atoms with E-state index in [1.807, 2.05) is 13.8 Å². The van der Waals surface area contributed by atoms with Crippen molar-refractivity contribution < 1.29 is 4.79 Å². The minimum Gasteiger partial charge on any atom is -0.384 e. The first-order valence-corrected chi connectivity index (χ1v) is 6.82. The maximum absolute atomic E-state index is 11.7. The van der Waals surface area contributed by atoms with Crippen LogP contribution in [0.5, 0.6) is 0 Å². The Morgan fingerprint density at radius 2 is 2.21 bits per heavy atom. The average molecular weight is 261 g/mol. The standard InChI is InChI=1S/C15H23N3O/c1-15(2,14(19)16-3)10-17-9-12-6-4-5-11-7-8-18-13(11)12/h4-6,17-18H,7-10H2,1-3H3,(H,16,19). The number of amides is 1. The van der Waals surface area contributed by atoms with E-state index in [0.717, 1.165) is 19.5 Å². The van der Waals surface area contributed by atoms with Gasteiger partial charge < -0.3 is 16.0 Å². The van der Waals surface area contributed by atoms with Gasteiger partial charge in [-0.2, -0.15) is 0 Å². The summed E-state index contributed by atoms with van der Waals surface area (Å²) in [5.41, 5.74) is 3.56. The second-order valence-electron chi connectivity index (χ2n) is 5.69. The Kier molecular flexibility index (Phi) is 4.10. The molecule has 1 aliphatic heterocycles. The van der Waals surface area contributed by atoms with Crippen molar-refractivity contribution in [3.05, 3.63) is 29.3 Å². The fraction of sp³-hybridized carbons (Fsp3) is 0.533. The number of para-hydroxylation sites is 1. The first kappa shape index (κ1) is 13.9. The van der Waals surface area contributed by atoms with Crippen molar-refractivity contribution >= 4 is 11.6 Å². The fourth-order valence-electron chi connectivity index (χ4n) is 2.49. The molecule has 104 valence electrons. The van der Waals surface area contributed by atoms with Crippen LogP contribution >= 0.6 is 0 Å². The predicted octanol–water partition coefficient (Wildman–Crippen LogP) is 1.52. The molecule has 0 spiro atoms. The van der Waals surface area contributed by atoms with Gasteiger partial charge in [0.2, 0.25) is 5.91 Å². The van der Waals surface area contributed by atoms with Crippen LogP contribution in [0.2, 0.25) is 0 Å². The molecule has 1 heterocycles. The second kappa shape index (κ2) is 5.61. The largest absolute Gasteiger partial charge is 0.384 e. The number of anilines is 1. The van der Waals surface area contributed by atoms with E-state index >= 15 is 0 Å². The van der Waals surface area contributed by atoms with E-state index in [1.54, 1.807) is 7.05 Å². The van der Waals surface area contributed by atoms with Gasteiger partial charge in [-0.25, -0.2) is 0 Å². The van der Waals surface area contributed by atoms with Crippen LogP contribution in [0.1, 0.15) is 25.0 Å². The van der Waals surface area contributed by atoms with E-state index < -0.39 is 0 Å². The highest BCUT2D eigenvalue weighted by atomic mass is 16.2. The van der Waals surface area contributed by atoms with Crippen LogP contribution in [0, 0.1) is 5.41 Å². The van der Waals surface area contributed by atoms with Gasteiger partial charge in [-0.3, -0.25) is 4.79 Å². The van der Waals surface area contributed by atoms with E-state index in [1.165, 1.54) is 16.8 Å². The number of hydrogen-bond acceptors (Lipinski definition) is 3. The van der Waals surface area contributed by atoms with Gasteiger partial charge in [0.25, 0.3) is 0 Å². The zero-order chi connectivity index (χ0) is 13.9. The highest BCUT2D eigenvalue weighted by molar-refractivity contribution is 5.81. The topological polar surface area (TPSA) is 53.2 Å². The van der Waals surface area contributed by atoms with Crippen LogP contribution in [0.3, 0.4) is 0 Å². The number of carbonyl (C=O) groups is 1. The zero-order valence-corrected chi connectivity index (χ0v) is 12.0. The summed E-state index contributed by atoms with van der Waals surface area (Å²) in [6.07, 6.45) is 1.10. The maximum atomic E-state index is 11.7. The normalized spacial score (nSPS) is 13.8. The Morgan fingerprint density at radius 3 is 2.95 bits per heavy atom. The predicted molar refractivity (Wildman–Crippen MR) is 78.2 cm³/mol. The monoisotopic (exact) mass is 261 g/mol. The summed E-state index contributed by atoms with van der Waals surface area (Å²) in [6.45, 7) is 6.38. The third kappa shape index (κ3) is 3.07. The van der Waals surface area contributed by atoms with Crippen molar-refractivity contribution in [3.8, 4) is 0 Å². The van der Waals surface area contributed by atoms with Gasteiger partial charge in [-0.15, -0.1) is 0 Å². The zero-order valence-electron chi connectivity index (χ0n) is 12.0. The summed E-state index contributed by atoms with van der Waals surface area (Å²) in [4.78, 5) is 11.7. The first-order valence-electron chi connectivity index (χ1n) is 6.82. The van der Waals surface area contributed by atoms with E-state index in [0.29, 0.717) is 6.54 Å². The molecule has 0 aromatic heterocycles. The SMILES string of the molecule is CNC(=O)C(C)(C)CNCc1cccc2c1NCC2. The minimum atomic E-state index is -0.389. The Labute approximate surface area is 115 Å². The molecule has 0 saturated heterocycles. The molecule has 1 aromatic rings. The number of nitrogens with one attached hydrogen (secondary N) is 3. The quantitative estimate of drug-likeness (QED) is 0.753. The van der Waals surface area contributed by atoms with Gasteiger partial charge in [0.05, 0.1) is 5.41 Å². The summed E-state index contributed by atoms with van der Waals surface area (Å²) in [5, 5.41) is 9.52. The molecule has 19 heavy (non-hydrogen) atoms. The van der Waals surface area contributed by atoms with Crippen molar-refractivity contribution in [1.82, 2.24) is 10.6 Å². The Morgan fingerprint density at radius 1 is 1.42 bits per heavy atom. The van der Waals surface area contributed by atoms with Crippen LogP contribution in [-0.2, 0) is 17.8 Å². The summed E-state index contributed by atoms with van der Waals surface area (Å²) < 4.78 is 0. The highest BCUT2D eigenvalue weighted by Crippen LogP contribution is 2.26. The second-order valence-corrected chi connectivity index (χ2v) is 5.69. The molecule has 0 atom stereocenters. The summed E-state index contributed by atoms with van der Waals surface area (Å²) in [7, 11) is 1.68. The van der Waals surface area contributed by atoms with E-state index in [2.05, 4.69) is 34.1 Å². The van der Waals surface area contributed by atoms with Crippen LogP contribution in [0.25, 0.3) is 0 Å². The van der Waals surface area contributed by atoms with E-state index in [-0.39, 0.29) is 11.3 Å². The molecule has 1 aliphatic rings. The van der Waals surface area contributed by atoms with Crippen molar-refractivity contribution in [3.63, 3.8) is 0 Å². The molecular formula is C15H23N3O. The number of fused-ring (bicyclic) bond motifs is 1. The molecule has 4 heteroatoms. The van der Waals surface area contributed by atoms with Crippen molar-refractivity contribution in [1.29, 1.82) is 0 Å². The molecular weight excluding hydrogens is 238 g/mol. The Balaban J connectivity index is 1.94. The van der Waals surface area contributed by atoms with Gasteiger partial charge in [-0.1, -0.05) is 18.2 Å². The molecule has 3 N–H and O–H groups in total. The van der Waals surface area contributed by atoms with Gasteiger partial charge in [-0.05, 0) is 31.4 Å². The summed E-state index contributed by atoms with van der Waals surface area (Å²) >= 11 is 0. The van der Waals surface area contributed by atoms with Crippen molar-refractivity contribution in [2.24, 2.45) is 5.41 Å². The number of carbonyl (C=O) groups excluding carboxylic acids is 1. The molecule has 0 radical (unpaired) electrons. The summed E-state index contributed by atoms with van der Waals surface area (Å²) in [6, 6.07) is 6.41. The molecule has 2 rings (SSSR count). The number of hydrogen-bond donors (Lipinski definition) is 3. The van der Waals surface area contributed by atoms with Crippen molar-refractivity contribution in [2.75, 3.05) is 25.5 Å². The lowest BCUT2D eigenvalue weighted by atomic mass is 9.92. The third-order valence-corrected chi connectivity index (χ3v) is 3.66. The minimum absolute atomic E-state index is 0.0661. The summed E-state index contributed by atoms with van der Waals surface area (Å²) in [5.74, 6) is 0.0661. The molecule has 0 bridgehead atoms. The van der Waals surface area contributed by atoms with Crippen molar-refractivity contribution in [2.45, 2.75) is 26.8 Å². The van der Waals surface area contributed by atoms with Crippen LogP contribution in [-0.4, -0.2) is 26.0 Å². The molecule has 0 unspecified atom stereocenters. The first-order chi connectivity index (χ1) is 9.04. The van der Waals surface area contributed by atoms with Gasteiger partial charge in [0.15, 0.2) is 0 Å². The van der Waals surface area contributed by atoms with Crippen LogP contribution in [0.4, 0.5) is 5.69 Å². The van der Waals surface area contributed by atoms with Gasteiger partial charge in [0.1, 0.15) is 0 Å². The highest BCUT2D eigenvalue weighted by Gasteiger charge is 2.26. The Bertz CT molecular complexity index is 468. The molecule has 0 saturated carbocycles. The average Bonchev–Trinajstić information content (AvgIpc) is 2.86. The molecule has 4 nitrogen and oxygen atoms in total. The molecule has 0 fully saturated rings.